The number of amides is 1. The number of hydrogen-bond donors (Lipinski definition) is 1. The number of nitrogens with one attached hydrogen (secondary N) is 1. The Morgan fingerprint density at radius 3 is 2.71 bits per heavy atom. The standard InChI is InChI=1S/C18H22FN3O2/c1-4-12(3)20-16(23)11-22-17(24)10-15(5-2)21-18(22)13-7-6-8-14(19)9-13/h6-10,12H,4-5,11H2,1-3H3,(H,20,23)/t12-/m1/s1. The van der Waals surface area contributed by atoms with E-state index in [0.717, 1.165) is 6.42 Å². The Balaban J connectivity index is 2.46. The van der Waals surface area contributed by atoms with Gasteiger partial charge in [0.2, 0.25) is 5.91 Å². The summed E-state index contributed by atoms with van der Waals surface area (Å²) in [6.45, 7) is 5.60. The molecule has 0 unspecified atom stereocenters. The smallest absolute Gasteiger partial charge is 0.254 e. The lowest BCUT2D eigenvalue weighted by Gasteiger charge is -2.15. The number of rotatable bonds is 6. The quantitative estimate of drug-likeness (QED) is 0.885. The van der Waals surface area contributed by atoms with Gasteiger partial charge in [0.05, 0.1) is 0 Å². The summed E-state index contributed by atoms with van der Waals surface area (Å²) >= 11 is 0. The summed E-state index contributed by atoms with van der Waals surface area (Å²) in [5.74, 6) is -0.382. The molecule has 6 heteroatoms. The van der Waals surface area contributed by atoms with Crippen LogP contribution in [0.5, 0.6) is 0 Å². The van der Waals surface area contributed by atoms with E-state index in [4.69, 9.17) is 0 Å². The van der Waals surface area contributed by atoms with Crippen LogP contribution >= 0.6 is 0 Å². The normalized spacial score (nSPS) is 12.0. The highest BCUT2D eigenvalue weighted by Gasteiger charge is 2.15. The van der Waals surface area contributed by atoms with Crippen LogP contribution in [0.25, 0.3) is 11.4 Å². The maximum Gasteiger partial charge on any atom is 0.254 e. The van der Waals surface area contributed by atoms with Gasteiger partial charge in [0.25, 0.3) is 5.56 Å². The van der Waals surface area contributed by atoms with Crippen LogP contribution in [-0.4, -0.2) is 21.5 Å². The second kappa shape index (κ2) is 7.86. The molecule has 1 N–H and O–H groups in total. The molecule has 0 bridgehead atoms. The van der Waals surface area contributed by atoms with Crippen LogP contribution in [0.2, 0.25) is 0 Å². The van der Waals surface area contributed by atoms with E-state index in [1.165, 1.54) is 22.8 Å². The molecule has 0 aliphatic heterocycles. The molecular formula is C18H22FN3O2. The highest BCUT2D eigenvalue weighted by Crippen LogP contribution is 2.17. The van der Waals surface area contributed by atoms with Gasteiger partial charge < -0.3 is 5.32 Å². The van der Waals surface area contributed by atoms with Gasteiger partial charge in [0, 0.05) is 23.4 Å². The zero-order chi connectivity index (χ0) is 17.7. The van der Waals surface area contributed by atoms with E-state index in [1.807, 2.05) is 20.8 Å². The first kappa shape index (κ1) is 17.8. The summed E-state index contributed by atoms with van der Waals surface area (Å²) in [7, 11) is 0. The third-order valence-electron chi connectivity index (χ3n) is 3.83. The van der Waals surface area contributed by atoms with Gasteiger partial charge in [0.1, 0.15) is 18.2 Å². The van der Waals surface area contributed by atoms with E-state index in [9.17, 15) is 14.0 Å². The van der Waals surface area contributed by atoms with Crippen molar-refractivity contribution in [2.24, 2.45) is 0 Å². The minimum atomic E-state index is -0.417. The zero-order valence-electron chi connectivity index (χ0n) is 14.2. The summed E-state index contributed by atoms with van der Waals surface area (Å²) in [6, 6.07) is 7.30. The van der Waals surface area contributed by atoms with Crippen molar-refractivity contribution in [3.63, 3.8) is 0 Å². The molecule has 1 aromatic heterocycles. The molecule has 0 fully saturated rings. The third kappa shape index (κ3) is 4.28. The van der Waals surface area contributed by atoms with E-state index in [-0.39, 0.29) is 24.1 Å². The Morgan fingerprint density at radius 1 is 1.33 bits per heavy atom. The van der Waals surface area contributed by atoms with Gasteiger partial charge >= 0.3 is 0 Å². The SMILES string of the molecule is CCc1cc(=O)n(CC(=O)N[C@H](C)CC)c(-c2cccc(F)c2)n1. The van der Waals surface area contributed by atoms with Crippen LogP contribution in [0.1, 0.15) is 32.9 Å². The number of carbonyl (C=O) groups excluding carboxylic acids is 1. The number of hydrogen-bond acceptors (Lipinski definition) is 3. The fourth-order valence-corrected chi connectivity index (χ4v) is 2.30. The van der Waals surface area contributed by atoms with Crippen molar-refractivity contribution >= 4 is 5.91 Å². The summed E-state index contributed by atoms with van der Waals surface area (Å²) in [6.07, 6.45) is 1.38. The van der Waals surface area contributed by atoms with Crippen molar-refractivity contribution in [1.82, 2.24) is 14.9 Å². The van der Waals surface area contributed by atoms with Gasteiger partial charge in [-0.25, -0.2) is 9.37 Å². The van der Waals surface area contributed by atoms with Gasteiger partial charge in [-0.2, -0.15) is 0 Å². The summed E-state index contributed by atoms with van der Waals surface area (Å²) in [5, 5.41) is 2.82. The monoisotopic (exact) mass is 331 g/mol. The molecule has 1 atom stereocenters. The number of nitrogens with zero attached hydrogens (tertiary/aromatic N) is 2. The van der Waals surface area contributed by atoms with E-state index in [2.05, 4.69) is 10.3 Å². The van der Waals surface area contributed by atoms with Crippen LogP contribution in [0, 0.1) is 5.82 Å². The molecule has 5 nitrogen and oxygen atoms in total. The number of carbonyl (C=O) groups is 1. The molecule has 1 amide bonds. The Bertz CT molecular complexity index is 786. The zero-order valence-corrected chi connectivity index (χ0v) is 14.2. The molecule has 0 radical (unpaired) electrons. The number of benzene rings is 1. The molecule has 0 saturated carbocycles. The van der Waals surface area contributed by atoms with E-state index in [0.29, 0.717) is 23.5 Å². The molecule has 0 aliphatic carbocycles. The molecule has 2 rings (SSSR count). The van der Waals surface area contributed by atoms with Gasteiger partial charge in [-0.3, -0.25) is 14.2 Å². The van der Waals surface area contributed by atoms with E-state index >= 15 is 0 Å². The van der Waals surface area contributed by atoms with Gasteiger partial charge in [-0.05, 0) is 31.9 Å². The highest BCUT2D eigenvalue weighted by atomic mass is 19.1. The fraction of sp³-hybridized carbons (Fsp3) is 0.389. The molecule has 1 aromatic carbocycles. The molecule has 128 valence electrons. The predicted octanol–water partition coefficient (Wildman–Crippen LogP) is 2.53. The van der Waals surface area contributed by atoms with Crippen molar-refractivity contribution in [2.45, 2.75) is 46.2 Å². The minimum Gasteiger partial charge on any atom is -0.352 e. The lowest BCUT2D eigenvalue weighted by Crippen LogP contribution is -2.37. The van der Waals surface area contributed by atoms with Crippen LogP contribution in [0.4, 0.5) is 4.39 Å². The van der Waals surface area contributed by atoms with Crippen LogP contribution in [0.3, 0.4) is 0 Å². The maximum atomic E-state index is 13.6. The lowest BCUT2D eigenvalue weighted by atomic mass is 10.2. The number of aryl methyl sites for hydroxylation is 1. The first-order chi connectivity index (χ1) is 11.4. The number of aromatic nitrogens is 2. The Labute approximate surface area is 140 Å². The lowest BCUT2D eigenvalue weighted by molar-refractivity contribution is -0.122. The molecule has 0 spiro atoms. The molecule has 2 aromatic rings. The van der Waals surface area contributed by atoms with Crippen LogP contribution in [0.15, 0.2) is 35.1 Å². The first-order valence-electron chi connectivity index (χ1n) is 8.10. The Morgan fingerprint density at radius 2 is 2.08 bits per heavy atom. The third-order valence-corrected chi connectivity index (χ3v) is 3.83. The van der Waals surface area contributed by atoms with Crippen LogP contribution in [-0.2, 0) is 17.8 Å². The molecule has 24 heavy (non-hydrogen) atoms. The van der Waals surface area contributed by atoms with Crippen LogP contribution < -0.4 is 10.9 Å². The average Bonchev–Trinajstić information content (AvgIpc) is 2.56. The van der Waals surface area contributed by atoms with Crippen molar-refractivity contribution < 1.29 is 9.18 Å². The summed E-state index contributed by atoms with van der Waals surface area (Å²) in [4.78, 5) is 29.0. The highest BCUT2D eigenvalue weighted by molar-refractivity contribution is 5.76. The van der Waals surface area contributed by atoms with Crippen molar-refractivity contribution in [2.75, 3.05) is 0 Å². The minimum absolute atomic E-state index is 0.0219. The average molecular weight is 331 g/mol. The van der Waals surface area contributed by atoms with Crippen molar-refractivity contribution in [3.05, 3.63) is 52.2 Å². The van der Waals surface area contributed by atoms with Gasteiger partial charge in [-0.15, -0.1) is 0 Å². The largest absolute Gasteiger partial charge is 0.352 e. The first-order valence-corrected chi connectivity index (χ1v) is 8.10. The Hall–Kier alpha value is -2.50. The Kier molecular flexibility index (Phi) is 5.84. The van der Waals surface area contributed by atoms with E-state index in [1.54, 1.807) is 12.1 Å². The van der Waals surface area contributed by atoms with Crippen molar-refractivity contribution in [1.29, 1.82) is 0 Å². The summed E-state index contributed by atoms with van der Waals surface area (Å²) < 4.78 is 14.8. The van der Waals surface area contributed by atoms with E-state index < -0.39 is 5.82 Å². The second-order valence-corrected chi connectivity index (χ2v) is 5.74. The number of halogens is 1. The molecule has 0 saturated heterocycles. The maximum absolute atomic E-state index is 13.6. The molecule has 1 heterocycles. The summed E-state index contributed by atoms with van der Waals surface area (Å²) in [5.41, 5.74) is 0.761. The van der Waals surface area contributed by atoms with Gasteiger partial charge in [-0.1, -0.05) is 26.0 Å². The van der Waals surface area contributed by atoms with Crippen molar-refractivity contribution in [3.8, 4) is 11.4 Å². The second-order valence-electron chi connectivity index (χ2n) is 5.74. The van der Waals surface area contributed by atoms with Gasteiger partial charge in [0.15, 0.2) is 0 Å². The predicted molar refractivity (Wildman–Crippen MR) is 91.2 cm³/mol. The molecule has 0 aliphatic rings. The fourth-order valence-electron chi connectivity index (χ4n) is 2.30. The topological polar surface area (TPSA) is 64.0 Å². The molecular weight excluding hydrogens is 309 g/mol.